The zero-order valence-electron chi connectivity index (χ0n) is 14.7. The second kappa shape index (κ2) is 7.87. The van der Waals surface area contributed by atoms with Gasteiger partial charge in [0.05, 0.1) is 26.8 Å². The van der Waals surface area contributed by atoms with E-state index in [1.165, 1.54) is 42.5 Å². The maximum absolute atomic E-state index is 12.6. The fraction of sp³-hybridized carbons (Fsp3) is 0.111. The van der Waals surface area contributed by atoms with Gasteiger partial charge in [0.15, 0.2) is 15.0 Å². The van der Waals surface area contributed by atoms with Crippen LogP contribution in [0.1, 0.15) is 17.3 Å². The van der Waals surface area contributed by atoms with Gasteiger partial charge in [0.2, 0.25) is 0 Å². The lowest BCUT2D eigenvalue weighted by Gasteiger charge is -2.08. The van der Waals surface area contributed by atoms with Gasteiger partial charge in [-0.15, -0.1) is 11.3 Å². The van der Waals surface area contributed by atoms with Crippen molar-refractivity contribution in [1.82, 2.24) is 4.98 Å². The van der Waals surface area contributed by atoms with E-state index >= 15 is 0 Å². The minimum absolute atomic E-state index is 0.0258. The molecule has 0 aliphatic carbocycles. The first kappa shape index (κ1) is 19.6. The molecule has 3 aromatic rings. The molecule has 0 aliphatic heterocycles. The third-order valence-electron chi connectivity index (χ3n) is 3.95. The number of hydrogen-bond donors (Lipinski definition) is 1. The van der Waals surface area contributed by atoms with Crippen LogP contribution in [-0.4, -0.2) is 30.0 Å². The topological polar surface area (TPSA) is 119 Å². The number of non-ortho nitro benzene ring substituents is 1. The van der Waals surface area contributed by atoms with E-state index in [-0.39, 0.29) is 21.9 Å². The van der Waals surface area contributed by atoms with Crippen LogP contribution in [0.4, 0.5) is 10.8 Å². The van der Waals surface area contributed by atoms with Gasteiger partial charge >= 0.3 is 0 Å². The molecule has 0 atom stereocenters. The highest BCUT2D eigenvalue weighted by molar-refractivity contribution is 7.91. The van der Waals surface area contributed by atoms with Crippen LogP contribution in [0.25, 0.3) is 11.3 Å². The number of aromatic nitrogens is 1. The number of nitro benzene ring substituents is 1. The number of hydrogen-bond acceptors (Lipinski definition) is 7. The number of rotatable bonds is 6. The van der Waals surface area contributed by atoms with E-state index in [1.54, 1.807) is 29.6 Å². The van der Waals surface area contributed by atoms with E-state index in [9.17, 15) is 23.3 Å². The predicted molar refractivity (Wildman–Crippen MR) is 106 cm³/mol. The van der Waals surface area contributed by atoms with Gasteiger partial charge in [0.1, 0.15) is 0 Å². The second-order valence-electron chi connectivity index (χ2n) is 5.70. The number of nitrogens with zero attached hydrogens (tertiary/aromatic N) is 2. The largest absolute Gasteiger partial charge is 0.298 e. The fourth-order valence-corrected chi connectivity index (χ4v) is 4.27. The van der Waals surface area contributed by atoms with Crippen molar-refractivity contribution >= 4 is 37.9 Å². The molecule has 1 amide bonds. The Hall–Kier alpha value is -3.11. The SMILES string of the molecule is CCS(=O)(=O)c1ccccc1C(=O)Nc1nc(-c2ccc([N+](=O)[O-])cc2)cs1. The molecular weight excluding hydrogens is 402 g/mol. The van der Waals surface area contributed by atoms with E-state index in [2.05, 4.69) is 10.3 Å². The van der Waals surface area contributed by atoms with Crippen LogP contribution in [-0.2, 0) is 9.84 Å². The van der Waals surface area contributed by atoms with Gasteiger partial charge in [-0.3, -0.25) is 20.2 Å². The smallest absolute Gasteiger partial charge is 0.269 e. The fourth-order valence-electron chi connectivity index (χ4n) is 2.46. The van der Waals surface area contributed by atoms with Gasteiger partial charge < -0.3 is 0 Å². The molecule has 0 saturated carbocycles. The zero-order chi connectivity index (χ0) is 20.3. The van der Waals surface area contributed by atoms with Gasteiger partial charge in [-0.2, -0.15) is 0 Å². The molecule has 8 nitrogen and oxygen atoms in total. The van der Waals surface area contributed by atoms with E-state index in [1.807, 2.05) is 0 Å². The summed E-state index contributed by atoms with van der Waals surface area (Å²) in [6, 6.07) is 11.9. The maximum atomic E-state index is 12.6. The third-order valence-corrected chi connectivity index (χ3v) is 6.49. The Balaban J connectivity index is 1.83. The molecule has 0 unspecified atom stereocenters. The van der Waals surface area contributed by atoms with Crippen molar-refractivity contribution < 1.29 is 18.1 Å². The summed E-state index contributed by atoms with van der Waals surface area (Å²) in [6.07, 6.45) is 0. The second-order valence-corrected chi connectivity index (χ2v) is 8.80. The lowest BCUT2D eigenvalue weighted by atomic mass is 10.1. The molecule has 0 bridgehead atoms. The Morgan fingerprint density at radius 2 is 1.86 bits per heavy atom. The lowest BCUT2D eigenvalue weighted by Crippen LogP contribution is -2.17. The van der Waals surface area contributed by atoms with Crippen LogP contribution < -0.4 is 5.32 Å². The molecule has 1 aromatic heterocycles. The van der Waals surface area contributed by atoms with Crippen LogP contribution in [0.5, 0.6) is 0 Å². The van der Waals surface area contributed by atoms with Gasteiger partial charge in [0.25, 0.3) is 11.6 Å². The molecule has 28 heavy (non-hydrogen) atoms. The monoisotopic (exact) mass is 417 g/mol. The summed E-state index contributed by atoms with van der Waals surface area (Å²) in [7, 11) is -3.55. The van der Waals surface area contributed by atoms with Gasteiger partial charge in [0, 0.05) is 23.1 Å². The summed E-state index contributed by atoms with van der Waals surface area (Å²) < 4.78 is 24.4. The van der Waals surface area contributed by atoms with Crippen molar-refractivity contribution in [3.05, 3.63) is 69.6 Å². The highest BCUT2D eigenvalue weighted by Gasteiger charge is 2.21. The molecule has 0 aliphatic rings. The van der Waals surface area contributed by atoms with Crippen molar-refractivity contribution in [3.8, 4) is 11.3 Å². The predicted octanol–water partition coefficient (Wildman–Crippen LogP) is 3.76. The molecule has 1 heterocycles. The number of nitro groups is 1. The molecule has 0 saturated heterocycles. The normalized spacial score (nSPS) is 11.2. The average molecular weight is 417 g/mol. The number of amides is 1. The molecule has 144 valence electrons. The molecule has 1 N–H and O–H groups in total. The van der Waals surface area contributed by atoms with E-state index in [0.29, 0.717) is 16.4 Å². The summed E-state index contributed by atoms with van der Waals surface area (Å²) in [4.78, 5) is 27.1. The standard InChI is InChI=1S/C18H15N3O5S2/c1-2-28(25,26)16-6-4-3-5-14(16)17(22)20-18-19-15(11-27-18)12-7-9-13(10-8-12)21(23)24/h3-11H,2H2,1H3,(H,19,20,22). The van der Waals surface area contributed by atoms with Crippen molar-refractivity contribution in [2.24, 2.45) is 0 Å². The Morgan fingerprint density at radius 3 is 2.50 bits per heavy atom. The maximum Gasteiger partial charge on any atom is 0.269 e. The first-order valence-electron chi connectivity index (χ1n) is 8.15. The molecule has 10 heteroatoms. The first-order chi connectivity index (χ1) is 13.3. The summed E-state index contributed by atoms with van der Waals surface area (Å²) in [5, 5.41) is 15.3. The van der Waals surface area contributed by atoms with Crippen LogP contribution in [0.3, 0.4) is 0 Å². The molecule has 3 rings (SSSR count). The minimum Gasteiger partial charge on any atom is -0.298 e. The number of carbonyl (C=O) groups excluding carboxylic acids is 1. The molecule has 2 aromatic carbocycles. The zero-order valence-corrected chi connectivity index (χ0v) is 16.3. The molecule has 0 spiro atoms. The van der Waals surface area contributed by atoms with E-state index in [0.717, 1.165) is 0 Å². The van der Waals surface area contributed by atoms with Crippen molar-refractivity contribution in [2.45, 2.75) is 11.8 Å². The average Bonchev–Trinajstić information content (AvgIpc) is 3.16. The Bertz CT molecular complexity index is 1140. The molecule has 0 fully saturated rings. The van der Waals surface area contributed by atoms with Gasteiger partial charge in [-0.1, -0.05) is 19.1 Å². The third kappa shape index (κ3) is 4.07. The minimum atomic E-state index is -3.55. The lowest BCUT2D eigenvalue weighted by molar-refractivity contribution is -0.384. The van der Waals surface area contributed by atoms with Crippen LogP contribution in [0, 0.1) is 10.1 Å². The summed E-state index contributed by atoms with van der Waals surface area (Å²) in [5.41, 5.74) is 1.23. The van der Waals surface area contributed by atoms with Gasteiger partial charge in [-0.25, -0.2) is 13.4 Å². The molecular formula is C18H15N3O5S2. The Labute approximate surface area is 164 Å². The van der Waals surface area contributed by atoms with E-state index in [4.69, 9.17) is 0 Å². The van der Waals surface area contributed by atoms with Crippen LogP contribution in [0.15, 0.2) is 58.8 Å². The number of nitrogens with one attached hydrogen (secondary N) is 1. The number of benzene rings is 2. The number of sulfone groups is 1. The van der Waals surface area contributed by atoms with Crippen LogP contribution in [0.2, 0.25) is 0 Å². The summed E-state index contributed by atoms with van der Waals surface area (Å²) in [5.74, 6) is -0.684. The highest BCUT2D eigenvalue weighted by atomic mass is 32.2. The summed E-state index contributed by atoms with van der Waals surface area (Å²) >= 11 is 1.17. The number of thiazole rings is 1. The highest BCUT2D eigenvalue weighted by Crippen LogP contribution is 2.27. The quantitative estimate of drug-likeness (QED) is 0.482. The number of carbonyl (C=O) groups is 1. The number of anilines is 1. The van der Waals surface area contributed by atoms with Gasteiger partial charge in [-0.05, 0) is 24.3 Å². The summed E-state index contributed by atoms with van der Waals surface area (Å²) in [6.45, 7) is 1.52. The van der Waals surface area contributed by atoms with E-state index < -0.39 is 20.7 Å². The Morgan fingerprint density at radius 1 is 1.18 bits per heavy atom. The Kier molecular flexibility index (Phi) is 5.52. The van der Waals surface area contributed by atoms with Crippen molar-refractivity contribution in [1.29, 1.82) is 0 Å². The molecule has 0 radical (unpaired) electrons. The first-order valence-corrected chi connectivity index (χ1v) is 10.7. The van der Waals surface area contributed by atoms with Crippen molar-refractivity contribution in [2.75, 3.05) is 11.1 Å². The van der Waals surface area contributed by atoms with Crippen LogP contribution >= 0.6 is 11.3 Å². The van der Waals surface area contributed by atoms with Crippen molar-refractivity contribution in [3.63, 3.8) is 0 Å².